The molecule has 1 aromatic carbocycles. The fourth-order valence-electron chi connectivity index (χ4n) is 2.87. The average molecular weight is 334 g/mol. The number of pyridine rings is 1. The summed E-state index contributed by atoms with van der Waals surface area (Å²) in [5.41, 5.74) is -2.27. The lowest BCUT2D eigenvalue weighted by Gasteiger charge is -2.21. The molecule has 7 heteroatoms. The second-order valence-electron chi connectivity index (χ2n) is 5.90. The van der Waals surface area contributed by atoms with Gasteiger partial charge in [0.05, 0.1) is 19.8 Å². The van der Waals surface area contributed by atoms with Crippen LogP contribution in [0.1, 0.15) is 6.92 Å². The number of fused-ring (bicyclic) bond motifs is 1. The van der Waals surface area contributed by atoms with Crippen molar-refractivity contribution in [2.75, 3.05) is 20.3 Å². The van der Waals surface area contributed by atoms with Gasteiger partial charge in [-0.05, 0) is 23.6 Å². The monoisotopic (exact) mass is 334 g/mol. The third-order valence-corrected chi connectivity index (χ3v) is 4.59. The maximum absolute atomic E-state index is 14.4. The summed E-state index contributed by atoms with van der Waals surface area (Å²) in [6.45, 7) is 0.782. The molecule has 0 aliphatic carbocycles. The fourth-order valence-corrected chi connectivity index (χ4v) is 2.87. The predicted octanol–water partition coefficient (Wildman–Crippen LogP) is 1.46. The SMILES string of the molecule is COc1ccc2ccnc(OC[C@H]3NC(=O)[C@](F)(CO)[C@H]3C)c2c1. The van der Waals surface area contributed by atoms with Crippen LogP contribution in [0.5, 0.6) is 11.6 Å². The summed E-state index contributed by atoms with van der Waals surface area (Å²) in [4.78, 5) is 15.9. The number of methoxy groups -OCH3 is 1. The second-order valence-corrected chi connectivity index (χ2v) is 5.90. The quantitative estimate of drug-likeness (QED) is 0.865. The van der Waals surface area contributed by atoms with Crippen molar-refractivity contribution < 1.29 is 23.8 Å². The van der Waals surface area contributed by atoms with Gasteiger partial charge in [0.15, 0.2) is 0 Å². The van der Waals surface area contributed by atoms with Crippen LogP contribution in [0.25, 0.3) is 10.8 Å². The van der Waals surface area contributed by atoms with Crippen molar-refractivity contribution in [1.29, 1.82) is 0 Å². The standard InChI is InChI=1S/C17H19FN2O4/c1-10-14(20-16(22)17(10,18)9-21)8-24-15-13-7-12(23-2)4-3-11(13)5-6-19-15/h3-7,10,14,21H,8-9H2,1-2H3,(H,20,22)/t10-,14+,17-/m0/s1. The number of rotatable bonds is 5. The fraction of sp³-hybridized carbons (Fsp3) is 0.412. The van der Waals surface area contributed by atoms with E-state index in [1.165, 1.54) is 0 Å². The summed E-state index contributed by atoms with van der Waals surface area (Å²) < 4.78 is 25.3. The first kappa shape index (κ1) is 16.4. The Kier molecular flexibility index (Phi) is 4.28. The third kappa shape index (κ3) is 2.65. The minimum atomic E-state index is -2.27. The van der Waals surface area contributed by atoms with Crippen molar-refractivity contribution in [1.82, 2.24) is 10.3 Å². The molecule has 6 nitrogen and oxygen atoms in total. The Bertz CT molecular complexity index is 769. The van der Waals surface area contributed by atoms with E-state index in [0.29, 0.717) is 11.6 Å². The molecule has 128 valence electrons. The first-order chi connectivity index (χ1) is 11.5. The molecule has 1 aromatic heterocycles. The predicted molar refractivity (Wildman–Crippen MR) is 85.8 cm³/mol. The number of aromatic nitrogens is 1. The van der Waals surface area contributed by atoms with Crippen LogP contribution >= 0.6 is 0 Å². The number of hydrogen-bond donors (Lipinski definition) is 2. The van der Waals surface area contributed by atoms with Gasteiger partial charge in [0.2, 0.25) is 11.5 Å². The molecule has 3 rings (SSSR count). The van der Waals surface area contributed by atoms with E-state index in [0.717, 1.165) is 10.8 Å². The molecule has 1 fully saturated rings. The number of carbonyl (C=O) groups is 1. The van der Waals surface area contributed by atoms with Crippen molar-refractivity contribution in [2.24, 2.45) is 5.92 Å². The van der Waals surface area contributed by atoms with Crippen molar-refractivity contribution in [2.45, 2.75) is 18.6 Å². The summed E-state index contributed by atoms with van der Waals surface area (Å²) in [6, 6.07) is 6.84. The van der Waals surface area contributed by atoms with Crippen molar-refractivity contribution in [3.05, 3.63) is 30.5 Å². The number of hydrogen-bond acceptors (Lipinski definition) is 5. The molecular formula is C17H19FN2O4. The number of aliphatic hydroxyl groups excluding tert-OH is 1. The summed E-state index contributed by atoms with van der Waals surface area (Å²) in [5.74, 6) is -0.461. The van der Waals surface area contributed by atoms with Gasteiger partial charge in [0, 0.05) is 17.5 Å². The van der Waals surface area contributed by atoms with Crippen LogP contribution in [0.3, 0.4) is 0 Å². The minimum absolute atomic E-state index is 0.0574. The maximum Gasteiger partial charge on any atom is 0.260 e. The second kappa shape index (κ2) is 6.24. The number of amides is 1. The maximum atomic E-state index is 14.4. The number of nitrogens with one attached hydrogen (secondary N) is 1. The van der Waals surface area contributed by atoms with E-state index in [2.05, 4.69) is 10.3 Å². The van der Waals surface area contributed by atoms with E-state index in [4.69, 9.17) is 14.6 Å². The summed E-state index contributed by atoms with van der Waals surface area (Å²) in [6.07, 6.45) is 1.62. The van der Waals surface area contributed by atoms with Crippen LogP contribution in [-0.2, 0) is 4.79 Å². The smallest absolute Gasteiger partial charge is 0.260 e. The van der Waals surface area contributed by atoms with Gasteiger partial charge in [-0.15, -0.1) is 0 Å². The van der Waals surface area contributed by atoms with E-state index in [1.54, 1.807) is 20.2 Å². The highest BCUT2D eigenvalue weighted by molar-refractivity contribution is 5.89. The van der Waals surface area contributed by atoms with Gasteiger partial charge < -0.3 is 19.9 Å². The molecule has 0 unspecified atom stereocenters. The first-order valence-corrected chi connectivity index (χ1v) is 7.66. The number of halogens is 1. The van der Waals surface area contributed by atoms with Crippen molar-refractivity contribution in [3.8, 4) is 11.6 Å². The topological polar surface area (TPSA) is 80.7 Å². The molecule has 0 saturated carbocycles. The van der Waals surface area contributed by atoms with Crippen LogP contribution in [0.4, 0.5) is 4.39 Å². The Hall–Kier alpha value is -2.41. The third-order valence-electron chi connectivity index (χ3n) is 4.59. The molecule has 1 saturated heterocycles. The van der Waals surface area contributed by atoms with Crippen LogP contribution in [0, 0.1) is 5.92 Å². The molecule has 0 bridgehead atoms. The lowest BCUT2D eigenvalue weighted by Crippen LogP contribution is -2.40. The van der Waals surface area contributed by atoms with Gasteiger partial charge in [0.25, 0.3) is 5.91 Å². The zero-order chi connectivity index (χ0) is 17.3. The molecular weight excluding hydrogens is 315 g/mol. The Morgan fingerprint density at radius 2 is 2.21 bits per heavy atom. The molecule has 2 N–H and O–H groups in total. The lowest BCUT2D eigenvalue weighted by molar-refractivity contribution is -0.133. The molecule has 1 amide bonds. The van der Waals surface area contributed by atoms with Gasteiger partial charge in [-0.2, -0.15) is 0 Å². The van der Waals surface area contributed by atoms with E-state index in [9.17, 15) is 9.18 Å². The molecule has 24 heavy (non-hydrogen) atoms. The van der Waals surface area contributed by atoms with E-state index < -0.39 is 30.1 Å². The van der Waals surface area contributed by atoms with Crippen LogP contribution in [0.15, 0.2) is 30.5 Å². The number of aliphatic hydroxyl groups is 1. The molecule has 3 atom stereocenters. The van der Waals surface area contributed by atoms with Gasteiger partial charge in [-0.1, -0.05) is 13.0 Å². The lowest BCUT2D eigenvalue weighted by atomic mass is 9.90. The Morgan fingerprint density at radius 1 is 1.42 bits per heavy atom. The first-order valence-electron chi connectivity index (χ1n) is 7.66. The summed E-state index contributed by atoms with van der Waals surface area (Å²) in [5, 5.41) is 13.4. The zero-order valence-electron chi connectivity index (χ0n) is 13.5. The molecule has 0 radical (unpaired) electrons. The Balaban J connectivity index is 1.80. The zero-order valence-corrected chi connectivity index (χ0v) is 13.5. The van der Waals surface area contributed by atoms with Crippen molar-refractivity contribution >= 4 is 16.7 Å². The summed E-state index contributed by atoms with van der Waals surface area (Å²) >= 11 is 0. The van der Waals surface area contributed by atoms with E-state index in [-0.39, 0.29) is 6.61 Å². The highest BCUT2D eigenvalue weighted by atomic mass is 19.1. The number of carbonyl (C=O) groups excluding carboxylic acids is 1. The van der Waals surface area contributed by atoms with Gasteiger partial charge in [-0.25, -0.2) is 9.37 Å². The number of ether oxygens (including phenoxy) is 2. The average Bonchev–Trinajstić information content (AvgIpc) is 2.83. The van der Waals surface area contributed by atoms with Crippen LogP contribution < -0.4 is 14.8 Å². The van der Waals surface area contributed by atoms with Gasteiger partial charge in [-0.3, -0.25) is 4.79 Å². The minimum Gasteiger partial charge on any atom is -0.497 e. The Morgan fingerprint density at radius 3 is 2.88 bits per heavy atom. The molecule has 0 spiro atoms. The summed E-state index contributed by atoms with van der Waals surface area (Å²) in [7, 11) is 1.57. The van der Waals surface area contributed by atoms with E-state index >= 15 is 0 Å². The normalized spacial score (nSPS) is 26.4. The molecule has 1 aliphatic heterocycles. The van der Waals surface area contributed by atoms with Crippen LogP contribution in [0.2, 0.25) is 0 Å². The van der Waals surface area contributed by atoms with E-state index in [1.807, 2.05) is 24.3 Å². The Labute approximate surface area is 138 Å². The van der Waals surface area contributed by atoms with Crippen molar-refractivity contribution in [3.63, 3.8) is 0 Å². The van der Waals surface area contributed by atoms with Gasteiger partial charge >= 0.3 is 0 Å². The van der Waals surface area contributed by atoms with Gasteiger partial charge in [0.1, 0.15) is 12.4 Å². The molecule has 2 aromatic rings. The largest absolute Gasteiger partial charge is 0.497 e. The molecule has 1 aliphatic rings. The highest BCUT2D eigenvalue weighted by Crippen LogP contribution is 2.32. The highest BCUT2D eigenvalue weighted by Gasteiger charge is 2.53. The number of nitrogens with zero attached hydrogens (tertiary/aromatic N) is 1. The molecule has 2 heterocycles. The van der Waals surface area contributed by atoms with Crippen LogP contribution in [-0.4, -0.2) is 48.0 Å². The number of benzene rings is 1. The number of alkyl halides is 1.